The van der Waals surface area contributed by atoms with Crippen LogP contribution in [0.4, 0.5) is 0 Å². The summed E-state index contributed by atoms with van der Waals surface area (Å²) in [5, 5.41) is 0. The Bertz CT molecular complexity index is 77.6. The zero-order valence-corrected chi connectivity index (χ0v) is 4.87. The molecule has 2 N–H and O–H groups in total. The summed E-state index contributed by atoms with van der Waals surface area (Å²) in [4.78, 5) is 0. The summed E-state index contributed by atoms with van der Waals surface area (Å²) < 4.78 is 13.9. The zero-order chi connectivity index (χ0) is 5.21. The van der Waals surface area contributed by atoms with E-state index < -0.39 is 6.87 Å². The summed E-state index contributed by atoms with van der Waals surface area (Å²) in [6.45, 7) is -3.17. The predicted octanol–water partition coefficient (Wildman–Crippen LogP) is 0.938. The van der Waals surface area contributed by atoms with Gasteiger partial charge in [-0.25, -0.2) is 5.50 Å². The minimum Gasteiger partial charge on any atom is -0.310 e. The van der Waals surface area contributed by atoms with Gasteiger partial charge in [0.15, 0.2) is 0 Å². The molecule has 3 nitrogen and oxygen atoms in total. The van der Waals surface area contributed by atoms with Crippen molar-refractivity contribution in [1.82, 2.24) is 0 Å². The summed E-state index contributed by atoms with van der Waals surface area (Å²) in [5.41, 5.74) is 4.63. The standard InChI is InChI=1S/CH5ClNO2P/c1-5-6(2,3)4/h1H3,(H2,3,4). The third kappa shape index (κ3) is 4.44. The van der Waals surface area contributed by atoms with Crippen LogP contribution in [0.3, 0.4) is 0 Å². The van der Waals surface area contributed by atoms with E-state index in [1.807, 2.05) is 0 Å². The van der Waals surface area contributed by atoms with E-state index in [4.69, 9.17) is 11.2 Å². The fourth-order valence-electron chi connectivity index (χ4n) is 0. The average Bonchev–Trinajstić information content (AvgIpc) is 1.35. The van der Waals surface area contributed by atoms with Crippen LogP contribution in [0.1, 0.15) is 0 Å². The van der Waals surface area contributed by atoms with Gasteiger partial charge >= 0.3 is 6.87 Å². The molecule has 5 heteroatoms. The van der Waals surface area contributed by atoms with Crippen LogP contribution in [0.15, 0.2) is 0 Å². The van der Waals surface area contributed by atoms with Crippen LogP contribution in [0.2, 0.25) is 0 Å². The summed E-state index contributed by atoms with van der Waals surface area (Å²) in [5.74, 6) is 0. The van der Waals surface area contributed by atoms with Crippen molar-refractivity contribution in [1.29, 1.82) is 0 Å². The lowest BCUT2D eigenvalue weighted by atomic mass is 11.8. The molecule has 38 valence electrons. The maximum absolute atomic E-state index is 9.90. The number of halogens is 1. The summed E-state index contributed by atoms with van der Waals surface area (Å²) in [6.07, 6.45) is 0. The number of rotatable bonds is 1. The van der Waals surface area contributed by atoms with Gasteiger partial charge in [0.05, 0.1) is 0 Å². The van der Waals surface area contributed by atoms with Gasteiger partial charge in [0.1, 0.15) is 0 Å². The molecule has 0 aromatic carbocycles. The molecule has 6 heavy (non-hydrogen) atoms. The van der Waals surface area contributed by atoms with Gasteiger partial charge in [-0.05, 0) is 11.2 Å². The minimum atomic E-state index is -3.17. The molecule has 1 atom stereocenters. The first kappa shape index (κ1) is 6.44. The highest BCUT2D eigenvalue weighted by Gasteiger charge is 2.04. The first-order valence-corrected chi connectivity index (χ1v) is 3.80. The van der Waals surface area contributed by atoms with Crippen LogP contribution >= 0.6 is 18.1 Å². The van der Waals surface area contributed by atoms with E-state index in [1.165, 1.54) is 7.11 Å². The molecule has 0 spiro atoms. The van der Waals surface area contributed by atoms with E-state index in [1.54, 1.807) is 0 Å². The Balaban J connectivity index is 3.48. The highest BCUT2D eigenvalue weighted by Crippen LogP contribution is 2.41. The molecule has 0 heterocycles. The van der Waals surface area contributed by atoms with E-state index in [9.17, 15) is 4.57 Å². The lowest BCUT2D eigenvalue weighted by molar-refractivity contribution is 0.409. The van der Waals surface area contributed by atoms with Crippen molar-refractivity contribution in [3.63, 3.8) is 0 Å². The Labute approximate surface area is 40.7 Å². The lowest BCUT2D eigenvalue weighted by Gasteiger charge is -1.94. The largest absolute Gasteiger partial charge is 0.357 e. The SMILES string of the molecule is COP(N)(=O)Cl. The van der Waals surface area contributed by atoms with E-state index in [2.05, 4.69) is 10.0 Å². The maximum Gasteiger partial charge on any atom is 0.357 e. The molecule has 0 aliphatic rings. The smallest absolute Gasteiger partial charge is 0.310 e. The van der Waals surface area contributed by atoms with Crippen molar-refractivity contribution in [3.8, 4) is 0 Å². The topological polar surface area (TPSA) is 52.3 Å². The van der Waals surface area contributed by atoms with Crippen LogP contribution in [0, 0.1) is 0 Å². The van der Waals surface area contributed by atoms with Crippen LogP contribution < -0.4 is 5.50 Å². The van der Waals surface area contributed by atoms with Gasteiger partial charge < -0.3 is 4.52 Å². The first-order chi connectivity index (χ1) is 2.56. The predicted molar refractivity (Wildman–Crippen MR) is 24.7 cm³/mol. The average molecular weight is 129 g/mol. The molecule has 0 rings (SSSR count). The molecule has 0 radical (unpaired) electrons. The first-order valence-electron chi connectivity index (χ1n) is 1.20. The molecule has 0 saturated carbocycles. The molecule has 0 fully saturated rings. The maximum atomic E-state index is 9.90. The van der Waals surface area contributed by atoms with Crippen molar-refractivity contribution < 1.29 is 9.09 Å². The minimum absolute atomic E-state index is 1.19. The Morgan fingerprint density at radius 1 is 2.00 bits per heavy atom. The molecule has 0 aliphatic heterocycles. The molecule has 0 aromatic rings. The fourth-order valence-corrected chi connectivity index (χ4v) is 0. The zero-order valence-electron chi connectivity index (χ0n) is 3.22. The summed E-state index contributed by atoms with van der Waals surface area (Å²) in [6, 6.07) is 0. The second-order valence-corrected chi connectivity index (χ2v) is 3.52. The van der Waals surface area contributed by atoms with Crippen LogP contribution in [-0.4, -0.2) is 7.11 Å². The number of hydrogen-bond acceptors (Lipinski definition) is 2. The van der Waals surface area contributed by atoms with Crippen molar-refractivity contribution in [2.24, 2.45) is 5.50 Å². The van der Waals surface area contributed by atoms with Gasteiger partial charge in [0.25, 0.3) is 0 Å². The van der Waals surface area contributed by atoms with E-state index in [0.717, 1.165) is 0 Å². The van der Waals surface area contributed by atoms with Gasteiger partial charge in [-0.2, -0.15) is 0 Å². The lowest BCUT2D eigenvalue weighted by Crippen LogP contribution is -1.86. The van der Waals surface area contributed by atoms with Crippen LogP contribution in [-0.2, 0) is 9.09 Å². The molecule has 0 saturated heterocycles. The van der Waals surface area contributed by atoms with Gasteiger partial charge in [0.2, 0.25) is 0 Å². The summed E-state index contributed by atoms with van der Waals surface area (Å²) in [7, 11) is 1.19. The second kappa shape index (κ2) is 1.94. The fraction of sp³-hybridized carbons (Fsp3) is 1.00. The van der Waals surface area contributed by atoms with E-state index in [0.29, 0.717) is 0 Å². The quantitative estimate of drug-likeness (QED) is 0.536. The molecule has 0 bridgehead atoms. The molecular weight excluding hydrogens is 124 g/mol. The molecule has 0 amide bonds. The molecular formula is CH5ClNO2P. The van der Waals surface area contributed by atoms with Crippen LogP contribution in [0.25, 0.3) is 0 Å². The van der Waals surface area contributed by atoms with Gasteiger partial charge in [0, 0.05) is 7.11 Å². The van der Waals surface area contributed by atoms with Crippen molar-refractivity contribution >= 4 is 18.1 Å². The van der Waals surface area contributed by atoms with Crippen molar-refractivity contribution in [3.05, 3.63) is 0 Å². The van der Waals surface area contributed by atoms with Crippen molar-refractivity contribution in [2.45, 2.75) is 0 Å². The third-order valence-electron chi connectivity index (χ3n) is 0.249. The molecule has 0 aromatic heterocycles. The monoisotopic (exact) mass is 129 g/mol. The Morgan fingerprint density at radius 2 is 2.17 bits per heavy atom. The van der Waals surface area contributed by atoms with E-state index >= 15 is 0 Å². The number of hydrogen-bond donors (Lipinski definition) is 1. The molecule has 0 aliphatic carbocycles. The number of nitrogens with two attached hydrogens (primary N) is 1. The normalized spacial score (nSPS) is 19.8. The Kier molecular flexibility index (Phi) is 2.08. The van der Waals surface area contributed by atoms with Gasteiger partial charge in [-0.15, -0.1) is 0 Å². The van der Waals surface area contributed by atoms with Gasteiger partial charge in [-0.1, -0.05) is 0 Å². The summed E-state index contributed by atoms with van der Waals surface area (Å²) >= 11 is 4.83. The Morgan fingerprint density at radius 3 is 2.17 bits per heavy atom. The van der Waals surface area contributed by atoms with Crippen LogP contribution in [0.5, 0.6) is 0 Å². The van der Waals surface area contributed by atoms with E-state index in [-0.39, 0.29) is 0 Å². The molecule has 1 unspecified atom stereocenters. The second-order valence-electron chi connectivity index (χ2n) is 0.704. The van der Waals surface area contributed by atoms with Crippen molar-refractivity contribution in [2.75, 3.05) is 7.11 Å². The highest BCUT2D eigenvalue weighted by atomic mass is 35.7. The highest BCUT2D eigenvalue weighted by molar-refractivity contribution is 7.83. The third-order valence-corrected chi connectivity index (χ3v) is 1.16. The Hall–Kier alpha value is 0.440. The van der Waals surface area contributed by atoms with Gasteiger partial charge in [-0.3, -0.25) is 4.57 Å².